The summed E-state index contributed by atoms with van der Waals surface area (Å²) in [5.41, 5.74) is 0.926. The highest BCUT2D eigenvalue weighted by Crippen LogP contribution is 2.42. The predicted molar refractivity (Wildman–Crippen MR) is 89.1 cm³/mol. The molecule has 0 radical (unpaired) electrons. The highest BCUT2D eigenvalue weighted by molar-refractivity contribution is 6.21. The van der Waals surface area contributed by atoms with Gasteiger partial charge in [-0.15, -0.1) is 11.6 Å². The van der Waals surface area contributed by atoms with Crippen LogP contribution in [0.2, 0.25) is 0 Å². The van der Waals surface area contributed by atoms with Crippen LogP contribution in [-0.4, -0.2) is 0 Å². The number of aryl methyl sites for hydroxylation is 1. The SMILES string of the molecule is Cc1oc(-c2ccc(C(F)(F)F)cc2)cc1C(Cl)C1CCCCC1. The second-order valence-electron chi connectivity index (χ2n) is 6.50. The van der Waals surface area contributed by atoms with Gasteiger partial charge in [0, 0.05) is 11.1 Å². The van der Waals surface area contributed by atoms with Crippen molar-refractivity contribution in [1.82, 2.24) is 0 Å². The number of rotatable bonds is 3. The lowest BCUT2D eigenvalue weighted by Gasteiger charge is -2.25. The Morgan fingerprint density at radius 3 is 2.29 bits per heavy atom. The molecule has 0 aliphatic heterocycles. The van der Waals surface area contributed by atoms with Crippen LogP contribution in [-0.2, 0) is 6.18 Å². The molecule has 1 heterocycles. The van der Waals surface area contributed by atoms with Gasteiger partial charge in [-0.1, -0.05) is 31.4 Å². The lowest BCUT2D eigenvalue weighted by atomic mass is 9.84. The molecule has 1 aliphatic carbocycles. The molecular formula is C19H20ClF3O. The molecule has 1 saturated carbocycles. The molecule has 2 aromatic rings. The summed E-state index contributed by atoms with van der Waals surface area (Å²) in [5.74, 6) is 1.75. The van der Waals surface area contributed by atoms with E-state index >= 15 is 0 Å². The van der Waals surface area contributed by atoms with Crippen LogP contribution in [0.3, 0.4) is 0 Å². The Morgan fingerprint density at radius 2 is 1.71 bits per heavy atom. The average molecular weight is 357 g/mol. The van der Waals surface area contributed by atoms with E-state index in [0.29, 0.717) is 17.2 Å². The van der Waals surface area contributed by atoms with Gasteiger partial charge >= 0.3 is 6.18 Å². The first-order valence-corrected chi connectivity index (χ1v) is 8.72. The maximum absolute atomic E-state index is 12.7. The van der Waals surface area contributed by atoms with Gasteiger partial charge < -0.3 is 4.42 Å². The van der Waals surface area contributed by atoms with Gasteiger partial charge in [-0.2, -0.15) is 13.2 Å². The molecule has 0 bridgehead atoms. The largest absolute Gasteiger partial charge is 0.461 e. The summed E-state index contributed by atoms with van der Waals surface area (Å²) in [6, 6.07) is 6.91. The van der Waals surface area contributed by atoms with E-state index in [1.165, 1.54) is 31.4 Å². The van der Waals surface area contributed by atoms with Gasteiger partial charge in [0.2, 0.25) is 0 Å². The quantitative estimate of drug-likeness (QED) is 0.533. The van der Waals surface area contributed by atoms with Crippen molar-refractivity contribution in [2.45, 2.75) is 50.6 Å². The molecule has 0 saturated heterocycles. The Kier molecular flexibility index (Phi) is 4.95. The lowest BCUT2D eigenvalue weighted by Crippen LogP contribution is -2.12. The van der Waals surface area contributed by atoms with E-state index in [2.05, 4.69) is 0 Å². The maximum Gasteiger partial charge on any atom is 0.416 e. The summed E-state index contributed by atoms with van der Waals surface area (Å²) < 4.78 is 43.8. The Balaban J connectivity index is 1.83. The van der Waals surface area contributed by atoms with Crippen LogP contribution in [0.1, 0.15) is 54.4 Å². The third-order valence-corrected chi connectivity index (χ3v) is 5.41. The smallest absolute Gasteiger partial charge is 0.416 e. The van der Waals surface area contributed by atoms with E-state index in [1.54, 1.807) is 0 Å². The van der Waals surface area contributed by atoms with Gasteiger partial charge in [0.05, 0.1) is 10.9 Å². The van der Waals surface area contributed by atoms with E-state index in [9.17, 15) is 13.2 Å². The summed E-state index contributed by atoms with van der Waals surface area (Å²) in [7, 11) is 0. The molecule has 3 rings (SSSR count). The van der Waals surface area contributed by atoms with Crippen LogP contribution in [0.4, 0.5) is 13.2 Å². The second kappa shape index (κ2) is 6.83. The number of halogens is 4. The fourth-order valence-electron chi connectivity index (χ4n) is 3.42. The van der Waals surface area contributed by atoms with Crippen molar-refractivity contribution in [2.75, 3.05) is 0 Å². The fraction of sp³-hybridized carbons (Fsp3) is 0.474. The zero-order chi connectivity index (χ0) is 17.3. The number of hydrogen-bond donors (Lipinski definition) is 0. The maximum atomic E-state index is 12.7. The van der Waals surface area contributed by atoms with Crippen molar-refractivity contribution in [1.29, 1.82) is 0 Å². The first-order valence-electron chi connectivity index (χ1n) is 8.28. The van der Waals surface area contributed by atoms with Gasteiger partial charge in [-0.25, -0.2) is 0 Å². The Hall–Kier alpha value is -1.42. The average Bonchev–Trinajstić information content (AvgIpc) is 2.96. The summed E-state index contributed by atoms with van der Waals surface area (Å²) >= 11 is 6.67. The Bertz CT molecular complexity index is 682. The molecule has 1 fully saturated rings. The first kappa shape index (κ1) is 17.4. The molecule has 0 amide bonds. The van der Waals surface area contributed by atoms with E-state index in [-0.39, 0.29) is 5.38 Å². The minimum atomic E-state index is -4.33. The zero-order valence-electron chi connectivity index (χ0n) is 13.5. The van der Waals surface area contributed by atoms with Gasteiger partial charge in [-0.05, 0) is 43.9 Å². The van der Waals surface area contributed by atoms with E-state index in [4.69, 9.17) is 16.0 Å². The van der Waals surface area contributed by atoms with E-state index in [0.717, 1.165) is 36.3 Å². The molecule has 1 aromatic heterocycles. The molecule has 1 nitrogen and oxygen atoms in total. The molecule has 1 atom stereocenters. The minimum Gasteiger partial charge on any atom is -0.461 e. The third-order valence-electron chi connectivity index (χ3n) is 4.81. The standard InChI is InChI=1S/C19H20ClF3O/c1-12-16(18(20)14-5-3-2-4-6-14)11-17(24-12)13-7-9-15(10-8-13)19(21,22)23/h7-11,14,18H,2-6H2,1H3. The molecule has 0 spiro atoms. The number of alkyl halides is 4. The first-order chi connectivity index (χ1) is 11.4. The van der Waals surface area contributed by atoms with Gasteiger partial charge in [-0.3, -0.25) is 0 Å². The van der Waals surface area contributed by atoms with Crippen LogP contribution < -0.4 is 0 Å². The monoisotopic (exact) mass is 356 g/mol. The normalized spacial score (nSPS) is 17.9. The zero-order valence-corrected chi connectivity index (χ0v) is 14.3. The lowest BCUT2D eigenvalue weighted by molar-refractivity contribution is -0.137. The van der Waals surface area contributed by atoms with Crippen molar-refractivity contribution in [3.05, 3.63) is 47.2 Å². The number of furan rings is 1. The van der Waals surface area contributed by atoms with Crippen molar-refractivity contribution >= 4 is 11.6 Å². The van der Waals surface area contributed by atoms with Crippen molar-refractivity contribution in [2.24, 2.45) is 5.92 Å². The predicted octanol–water partition coefficient (Wildman–Crippen LogP) is 7.13. The second-order valence-corrected chi connectivity index (χ2v) is 6.97. The van der Waals surface area contributed by atoms with E-state index in [1.807, 2.05) is 13.0 Å². The Labute approximate surface area is 144 Å². The van der Waals surface area contributed by atoms with Crippen LogP contribution in [0.15, 0.2) is 34.7 Å². The Morgan fingerprint density at radius 1 is 1.08 bits per heavy atom. The van der Waals surface area contributed by atoms with Crippen molar-refractivity contribution in [3.8, 4) is 11.3 Å². The van der Waals surface area contributed by atoms with Crippen molar-refractivity contribution in [3.63, 3.8) is 0 Å². The highest BCUT2D eigenvalue weighted by Gasteiger charge is 2.30. The molecule has 1 aliphatic rings. The van der Waals surface area contributed by atoms with Crippen molar-refractivity contribution < 1.29 is 17.6 Å². The third kappa shape index (κ3) is 3.64. The minimum absolute atomic E-state index is 0.0998. The van der Waals surface area contributed by atoms with Crippen LogP contribution >= 0.6 is 11.6 Å². The number of benzene rings is 1. The molecule has 1 aromatic carbocycles. The summed E-state index contributed by atoms with van der Waals surface area (Å²) in [6.45, 7) is 1.86. The molecular weight excluding hydrogens is 337 g/mol. The van der Waals surface area contributed by atoms with Gasteiger partial charge in [0.25, 0.3) is 0 Å². The van der Waals surface area contributed by atoms with Crippen LogP contribution in [0.25, 0.3) is 11.3 Å². The molecule has 5 heteroatoms. The molecule has 0 N–H and O–H groups in total. The van der Waals surface area contributed by atoms with Gasteiger partial charge in [0.1, 0.15) is 11.5 Å². The summed E-state index contributed by atoms with van der Waals surface area (Å²) in [5, 5.41) is -0.0998. The number of hydrogen-bond acceptors (Lipinski definition) is 1. The fourth-order valence-corrected chi connectivity index (χ4v) is 3.89. The molecule has 24 heavy (non-hydrogen) atoms. The summed E-state index contributed by atoms with van der Waals surface area (Å²) in [4.78, 5) is 0. The summed E-state index contributed by atoms with van der Waals surface area (Å²) in [6.07, 6.45) is 1.59. The topological polar surface area (TPSA) is 13.1 Å². The highest BCUT2D eigenvalue weighted by atomic mass is 35.5. The molecule has 1 unspecified atom stereocenters. The van der Waals surface area contributed by atoms with Gasteiger partial charge in [0.15, 0.2) is 0 Å². The molecule has 130 valence electrons. The van der Waals surface area contributed by atoms with Crippen LogP contribution in [0.5, 0.6) is 0 Å². The van der Waals surface area contributed by atoms with Crippen LogP contribution in [0, 0.1) is 12.8 Å². The van der Waals surface area contributed by atoms with E-state index < -0.39 is 11.7 Å².